The second-order valence-electron chi connectivity index (χ2n) is 5.78. The molecule has 0 aromatic heterocycles. The molecule has 0 saturated carbocycles. The number of benzene rings is 2. The molecule has 0 fully saturated rings. The minimum absolute atomic E-state index is 0.0492. The van der Waals surface area contributed by atoms with Gasteiger partial charge in [0.05, 0.1) is 17.9 Å². The van der Waals surface area contributed by atoms with Crippen LogP contribution in [0.1, 0.15) is 30.6 Å². The molecule has 1 amide bonds. The highest BCUT2D eigenvalue weighted by atomic mass is 19.3. The first-order valence-corrected chi connectivity index (χ1v) is 8.69. The van der Waals surface area contributed by atoms with Gasteiger partial charge in [-0.15, -0.1) is 0 Å². The SMILES string of the molecule is CCCOc1ccc(C(=O)O[C@H](C)C(=O)Nc2ccccc2OC(F)F)cc1. The van der Waals surface area contributed by atoms with Gasteiger partial charge in [0.25, 0.3) is 5.91 Å². The van der Waals surface area contributed by atoms with Crippen LogP contribution < -0.4 is 14.8 Å². The summed E-state index contributed by atoms with van der Waals surface area (Å²) < 4.78 is 39.8. The van der Waals surface area contributed by atoms with Crippen molar-refractivity contribution in [2.75, 3.05) is 11.9 Å². The molecule has 8 heteroatoms. The molecule has 0 bridgehead atoms. The van der Waals surface area contributed by atoms with Crippen LogP contribution in [-0.4, -0.2) is 31.2 Å². The van der Waals surface area contributed by atoms with Gasteiger partial charge in [-0.25, -0.2) is 4.79 Å². The second kappa shape index (κ2) is 10.2. The molecule has 2 aromatic carbocycles. The van der Waals surface area contributed by atoms with Crippen molar-refractivity contribution < 1.29 is 32.6 Å². The van der Waals surface area contributed by atoms with Gasteiger partial charge in [0, 0.05) is 0 Å². The molecule has 0 aliphatic heterocycles. The number of esters is 1. The molecule has 150 valence electrons. The highest BCUT2D eigenvalue weighted by Gasteiger charge is 2.21. The van der Waals surface area contributed by atoms with E-state index in [9.17, 15) is 18.4 Å². The highest BCUT2D eigenvalue weighted by molar-refractivity contribution is 5.98. The number of alkyl halides is 2. The molecule has 0 aliphatic carbocycles. The van der Waals surface area contributed by atoms with Crippen molar-refractivity contribution in [3.05, 3.63) is 54.1 Å². The van der Waals surface area contributed by atoms with E-state index in [0.717, 1.165) is 6.42 Å². The van der Waals surface area contributed by atoms with E-state index in [2.05, 4.69) is 10.1 Å². The van der Waals surface area contributed by atoms with Crippen LogP contribution in [0.4, 0.5) is 14.5 Å². The smallest absolute Gasteiger partial charge is 0.387 e. The van der Waals surface area contributed by atoms with Crippen LogP contribution >= 0.6 is 0 Å². The fourth-order valence-electron chi connectivity index (χ4n) is 2.19. The second-order valence-corrected chi connectivity index (χ2v) is 5.78. The molecule has 0 aliphatic rings. The van der Waals surface area contributed by atoms with Crippen LogP contribution in [0.3, 0.4) is 0 Å². The normalized spacial score (nSPS) is 11.6. The molecule has 2 rings (SSSR count). The number of carbonyl (C=O) groups excluding carboxylic acids is 2. The van der Waals surface area contributed by atoms with Crippen molar-refractivity contribution in [1.82, 2.24) is 0 Å². The Hall–Kier alpha value is -3.16. The van der Waals surface area contributed by atoms with Gasteiger partial charge in [0.1, 0.15) is 11.5 Å². The quantitative estimate of drug-likeness (QED) is 0.645. The Morgan fingerprint density at radius 3 is 2.39 bits per heavy atom. The van der Waals surface area contributed by atoms with Crippen molar-refractivity contribution in [2.45, 2.75) is 33.0 Å². The topological polar surface area (TPSA) is 73.9 Å². The number of anilines is 1. The Morgan fingerprint density at radius 2 is 1.75 bits per heavy atom. The Labute approximate surface area is 161 Å². The molecule has 0 unspecified atom stereocenters. The van der Waals surface area contributed by atoms with E-state index in [1.165, 1.54) is 37.3 Å². The largest absolute Gasteiger partial charge is 0.494 e. The zero-order chi connectivity index (χ0) is 20.5. The van der Waals surface area contributed by atoms with Crippen molar-refractivity contribution in [2.24, 2.45) is 0 Å². The number of nitrogens with one attached hydrogen (secondary N) is 1. The van der Waals surface area contributed by atoms with Crippen LogP contribution in [0.2, 0.25) is 0 Å². The molecule has 1 atom stereocenters. The third-order valence-corrected chi connectivity index (χ3v) is 3.58. The summed E-state index contributed by atoms with van der Waals surface area (Å²) >= 11 is 0. The molecule has 2 aromatic rings. The molecular weight excluding hydrogens is 372 g/mol. The van der Waals surface area contributed by atoms with Gasteiger partial charge in [-0.2, -0.15) is 8.78 Å². The maximum atomic E-state index is 12.4. The third-order valence-electron chi connectivity index (χ3n) is 3.58. The molecule has 28 heavy (non-hydrogen) atoms. The highest BCUT2D eigenvalue weighted by Crippen LogP contribution is 2.25. The van der Waals surface area contributed by atoms with E-state index in [0.29, 0.717) is 12.4 Å². The molecule has 0 spiro atoms. The van der Waals surface area contributed by atoms with Crippen LogP contribution in [0.25, 0.3) is 0 Å². The third kappa shape index (κ3) is 6.22. The average molecular weight is 393 g/mol. The van der Waals surface area contributed by atoms with E-state index in [4.69, 9.17) is 9.47 Å². The lowest BCUT2D eigenvalue weighted by Gasteiger charge is -2.16. The van der Waals surface area contributed by atoms with Crippen molar-refractivity contribution >= 4 is 17.6 Å². The van der Waals surface area contributed by atoms with Crippen LogP contribution in [0.5, 0.6) is 11.5 Å². The number of hydrogen-bond donors (Lipinski definition) is 1. The molecule has 6 nitrogen and oxygen atoms in total. The van der Waals surface area contributed by atoms with Crippen molar-refractivity contribution in [1.29, 1.82) is 0 Å². The number of amides is 1. The fourth-order valence-corrected chi connectivity index (χ4v) is 2.19. The van der Waals surface area contributed by atoms with E-state index in [1.54, 1.807) is 18.2 Å². The minimum atomic E-state index is -3.03. The van der Waals surface area contributed by atoms with Crippen LogP contribution in [0, 0.1) is 0 Å². The summed E-state index contributed by atoms with van der Waals surface area (Å²) in [6, 6.07) is 12.1. The van der Waals surface area contributed by atoms with Crippen molar-refractivity contribution in [3.63, 3.8) is 0 Å². The predicted octanol–water partition coefficient (Wildman–Crippen LogP) is 4.26. The maximum Gasteiger partial charge on any atom is 0.387 e. The number of ether oxygens (including phenoxy) is 3. The molecule has 1 N–H and O–H groups in total. The lowest BCUT2D eigenvalue weighted by atomic mass is 10.2. The number of carbonyl (C=O) groups is 2. The number of rotatable bonds is 9. The summed E-state index contributed by atoms with van der Waals surface area (Å²) in [4.78, 5) is 24.4. The van der Waals surface area contributed by atoms with E-state index < -0.39 is 24.6 Å². The van der Waals surface area contributed by atoms with Crippen LogP contribution in [0.15, 0.2) is 48.5 Å². The zero-order valence-corrected chi connectivity index (χ0v) is 15.5. The number of halogens is 2. The summed E-state index contributed by atoms with van der Waals surface area (Å²) in [6.07, 6.45) is -0.287. The van der Waals surface area contributed by atoms with E-state index >= 15 is 0 Å². The Kier molecular flexibility index (Phi) is 7.74. The van der Waals surface area contributed by atoms with E-state index in [-0.39, 0.29) is 17.0 Å². The van der Waals surface area contributed by atoms with Gasteiger partial charge < -0.3 is 19.5 Å². The number of hydrogen-bond acceptors (Lipinski definition) is 5. The zero-order valence-electron chi connectivity index (χ0n) is 15.5. The summed E-state index contributed by atoms with van der Waals surface area (Å²) in [7, 11) is 0. The molecule has 0 saturated heterocycles. The molecule has 0 heterocycles. The van der Waals surface area contributed by atoms with Gasteiger partial charge in [0.2, 0.25) is 0 Å². The first-order valence-electron chi connectivity index (χ1n) is 8.69. The van der Waals surface area contributed by atoms with E-state index in [1.807, 2.05) is 6.92 Å². The van der Waals surface area contributed by atoms with Gasteiger partial charge in [-0.3, -0.25) is 4.79 Å². The lowest BCUT2D eigenvalue weighted by Crippen LogP contribution is -2.30. The monoisotopic (exact) mass is 393 g/mol. The Bertz CT molecular complexity index is 795. The van der Waals surface area contributed by atoms with Gasteiger partial charge in [-0.1, -0.05) is 19.1 Å². The Balaban J connectivity index is 1.96. The summed E-state index contributed by atoms with van der Waals surface area (Å²) in [5.74, 6) is -0.935. The number of para-hydroxylation sites is 2. The first-order chi connectivity index (χ1) is 13.4. The maximum absolute atomic E-state index is 12.4. The first kappa shape index (κ1) is 21.1. The standard InChI is InChI=1S/C20H21F2NO5/c1-3-12-26-15-10-8-14(9-11-15)19(25)27-13(2)18(24)23-16-6-4-5-7-17(16)28-20(21)22/h4-11,13,20H,3,12H2,1-2H3,(H,23,24)/t13-/m1/s1. The van der Waals surface area contributed by atoms with Crippen molar-refractivity contribution in [3.8, 4) is 11.5 Å². The molecular formula is C20H21F2NO5. The fraction of sp³-hybridized carbons (Fsp3) is 0.300. The lowest BCUT2D eigenvalue weighted by molar-refractivity contribution is -0.123. The summed E-state index contributed by atoms with van der Waals surface area (Å²) in [6.45, 7) is 0.897. The Morgan fingerprint density at radius 1 is 1.07 bits per heavy atom. The predicted molar refractivity (Wildman–Crippen MR) is 98.8 cm³/mol. The average Bonchev–Trinajstić information content (AvgIpc) is 2.67. The van der Waals surface area contributed by atoms with Gasteiger partial charge >= 0.3 is 12.6 Å². The van der Waals surface area contributed by atoms with Gasteiger partial charge in [0.15, 0.2) is 6.10 Å². The summed E-state index contributed by atoms with van der Waals surface area (Å²) in [5.41, 5.74) is 0.304. The molecule has 0 radical (unpaired) electrons. The van der Waals surface area contributed by atoms with Crippen LogP contribution in [-0.2, 0) is 9.53 Å². The summed E-state index contributed by atoms with van der Waals surface area (Å²) in [5, 5.41) is 2.41. The minimum Gasteiger partial charge on any atom is -0.494 e. The van der Waals surface area contributed by atoms with Gasteiger partial charge in [-0.05, 0) is 49.7 Å².